The van der Waals surface area contributed by atoms with E-state index in [0.717, 1.165) is 17.1 Å². The maximum Gasteiger partial charge on any atom is 0.200 e. The summed E-state index contributed by atoms with van der Waals surface area (Å²) in [7, 11) is 0. The van der Waals surface area contributed by atoms with Crippen LogP contribution in [0.4, 0.5) is 0 Å². The number of hydrogen-bond donors (Lipinski definition) is 1. The zero-order chi connectivity index (χ0) is 11.7. The second-order valence-electron chi connectivity index (χ2n) is 3.54. The molecule has 1 aromatic carbocycles. The third kappa shape index (κ3) is 1.83. The van der Waals surface area contributed by atoms with E-state index in [-0.39, 0.29) is 0 Å². The third-order valence-electron chi connectivity index (χ3n) is 2.47. The van der Waals surface area contributed by atoms with Gasteiger partial charge in [-0.15, -0.1) is 0 Å². The molecule has 0 atom stereocenters. The van der Waals surface area contributed by atoms with E-state index in [4.69, 9.17) is 12.2 Å². The van der Waals surface area contributed by atoms with Gasteiger partial charge < -0.3 is 0 Å². The lowest BCUT2D eigenvalue weighted by Crippen LogP contribution is -1.95. The number of thiophene rings is 1. The van der Waals surface area contributed by atoms with Gasteiger partial charge in [-0.25, -0.2) is 0 Å². The second-order valence-corrected chi connectivity index (χ2v) is 4.70. The fourth-order valence-corrected chi connectivity index (χ4v) is 2.56. The van der Waals surface area contributed by atoms with E-state index in [1.807, 2.05) is 46.3 Å². The van der Waals surface area contributed by atoms with Crippen molar-refractivity contribution < 1.29 is 0 Å². The fraction of sp³-hybridized carbons (Fsp3) is 0. The first-order valence-electron chi connectivity index (χ1n) is 5.11. The molecule has 1 N–H and O–H groups in total. The molecular weight excluding hydrogens is 250 g/mol. The molecule has 0 radical (unpaired) electrons. The summed E-state index contributed by atoms with van der Waals surface area (Å²) < 4.78 is 2.56. The van der Waals surface area contributed by atoms with Crippen LogP contribution in [0.1, 0.15) is 0 Å². The van der Waals surface area contributed by atoms with E-state index in [9.17, 15) is 0 Å². The van der Waals surface area contributed by atoms with Crippen molar-refractivity contribution >= 4 is 23.6 Å². The molecule has 3 aromatic rings. The predicted octanol–water partition coefficient (Wildman–Crippen LogP) is 3.66. The van der Waals surface area contributed by atoms with Crippen LogP contribution in [0.25, 0.3) is 17.1 Å². The molecule has 84 valence electrons. The summed E-state index contributed by atoms with van der Waals surface area (Å²) in [6, 6.07) is 12.0. The first-order chi connectivity index (χ1) is 8.36. The molecule has 2 heterocycles. The molecule has 0 aliphatic carbocycles. The molecule has 0 amide bonds. The van der Waals surface area contributed by atoms with Crippen LogP contribution in [0.5, 0.6) is 0 Å². The summed E-state index contributed by atoms with van der Waals surface area (Å²) in [4.78, 5) is 0. The molecule has 0 bridgehead atoms. The van der Waals surface area contributed by atoms with Crippen LogP contribution in [0.3, 0.4) is 0 Å². The number of aromatic amines is 1. The van der Waals surface area contributed by atoms with Crippen LogP contribution in [-0.4, -0.2) is 14.8 Å². The Kier molecular flexibility index (Phi) is 2.62. The maximum absolute atomic E-state index is 5.27. The first-order valence-corrected chi connectivity index (χ1v) is 6.47. The lowest BCUT2D eigenvalue weighted by atomic mass is 10.2. The van der Waals surface area contributed by atoms with Gasteiger partial charge in [-0.2, -0.15) is 16.4 Å². The van der Waals surface area contributed by atoms with Gasteiger partial charge in [0.2, 0.25) is 0 Å². The largest absolute Gasteiger partial charge is 0.267 e. The van der Waals surface area contributed by atoms with E-state index in [2.05, 4.69) is 15.6 Å². The fourth-order valence-electron chi connectivity index (χ4n) is 1.70. The summed E-state index contributed by atoms with van der Waals surface area (Å²) in [5.41, 5.74) is 2.10. The summed E-state index contributed by atoms with van der Waals surface area (Å²) in [6.45, 7) is 0. The van der Waals surface area contributed by atoms with Crippen molar-refractivity contribution in [1.82, 2.24) is 14.8 Å². The molecule has 0 aliphatic rings. The minimum absolute atomic E-state index is 0.613. The van der Waals surface area contributed by atoms with Gasteiger partial charge in [0, 0.05) is 10.9 Å². The number of hydrogen-bond acceptors (Lipinski definition) is 3. The average molecular weight is 259 g/mol. The number of nitrogens with one attached hydrogen (secondary N) is 1. The standard InChI is InChI=1S/C12H9N3S2/c16-12-14-13-11(9-4-2-1-3-5-9)15(12)10-6-7-17-8-10/h1-8H,(H,14,16). The Hall–Kier alpha value is -1.72. The van der Waals surface area contributed by atoms with Crippen molar-refractivity contribution in [3.8, 4) is 17.1 Å². The topological polar surface area (TPSA) is 33.6 Å². The first kappa shape index (κ1) is 10.4. The number of H-pyrrole nitrogens is 1. The van der Waals surface area contributed by atoms with Crippen LogP contribution < -0.4 is 0 Å². The van der Waals surface area contributed by atoms with E-state index < -0.39 is 0 Å². The Morgan fingerprint density at radius 1 is 1.18 bits per heavy atom. The van der Waals surface area contributed by atoms with Crippen molar-refractivity contribution in [3.63, 3.8) is 0 Å². The highest BCUT2D eigenvalue weighted by molar-refractivity contribution is 7.71. The average Bonchev–Trinajstić information content (AvgIpc) is 2.99. The van der Waals surface area contributed by atoms with Crippen LogP contribution in [0.2, 0.25) is 0 Å². The zero-order valence-electron chi connectivity index (χ0n) is 8.83. The number of benzene rings is 1. The highest BCUT2D eigenvalue weighted by Crippen LogP contribution is 2.22. The van der Waals surface area contributed by atoms with Crippen LogP contribution >= 0.6 is 23.6 Å². The molecule has 2 aromatic heterocycles. The Bertz CT molecular complexity index is 665. The molecule has 5 heteroatoms. The Balaban J connectivity index is 2.24. The molecule has 0 saturated heterocycles. The summed E-state index contributed by atoms with van der Waals surface area (Å²) in [6.07, 6.45) is 0. The molecule has 3 rings (SSSR count). The lowest BCUT2D eigenvalue weighted by molar-refractivity contribution is 1.04. The van der Waals surface area contributed by atoms with Gasteiger partial charge in [-0.1, -0.05) is 30.3 Å². The Morgan fingerprint density at radius 3 is 2.71 bits per heavy atom. The molecule has 0 spiro atoms. The van der Waals surface area contributed by atoms with Crippen LogP contribution in [0, 0.1) is 4.77 Å². The van der Waals surface area contributed by atoms with Gasteiger partial charge in [0.25, 0.3) is 0 Å². The summed E-state index contributed by atoms with van der Waals surface area (Å²) in [5, 5.41) is 11.2. The summed E-state index contributed by atoms with van der Waals surface area (Å²) in [5.74, 6) is 0.842. The third-order valence-corrected chi connectivity index (χ3v) is 3.41. The van der Waals surface area contributed by atoms with Gasteiger partial charge >= 0.3 is 0 Å². The van der Waals surface area contributed by atoms with E-state index in [1.165, 1.54) is 0 Å². The highest BCUT2D eigenvalue weighted by atomic mass is 32.1. The van der Waals surface area contributed by atoms with Crippen molar-refractivity contribution in [3.05, 3.63) is 51.9 Å². The SMILES string of the molecule is S=c1[nH]nc(-c2ccccc2)n1-c1ccsc1. The van der Waals surface area contributed by atoms with E-state index >= 15 is 0 Å². The quantitative estimate of drug-likeness (QED) is 0.713. The highest BCUT2D eigenvalue weighted by Gasteiger charge is 2.09. The van der Waals surface area contributed by atoms with Crippen molar-refractivity contribution in [2.45, 2.75) is 0 Å². The molecule has 17 heavy (non-hydrogen) atoms. The van der Waals surface area contributed by atoms with E-state index in [0.29, 0.717) is 4.77 Å². The molecule has 0 unspecified atom stereocenters. The van der Waals surface area contributed by atoms with Crippen molar-refractivity contribution in [1.29, 1.82) is 0 Å². The van der Waals surface area contributed by atoms with Gasteiger partial charge in [-0.3, -0.25) is 9.67 Å². The van der Waals surface area contributed by atoms with Gasteiger partial charge in [0.05, 0.1) is 5.69 Å². The minimum atomic E-state index is 0.613. The monoisotopic (exact) mass is 259 g/mol. The van der Waals surface area contributed by atoms with Crippen LogP contribution in [-0.2, 0) is 0 Å². The van der Waals surface area contributed by atoms with Gasteiger partial charge in [0.15, 0.2) is 10.6 Å². The Morgan fingerprint density at radius 2 is 2.00 bits per heavy atom. The normalized spacial score (nSPS) is 10.6. The minimum Gasteiger partial charge on any atom is -0.267 e. The number of rotatable bonds is 2. The lowest BCUT2D eigenvalue weighted by Gasteiger charge is -2.03. The maximum atomic E-state index is 5.27. The molecular formula is C12H9N3S2. The summed E-state index contributed by atoms with van der Waals surface area (Å²) >= 11 is 6.91. The molecule has 3 nitrogen and oxygen atoms in total. The smallest absolute Gasteiger partial charge is 0.200 e. The predicted molar refractivity (Wildman–Crippen MR) is 72.1 cm³/mol. The van der Waals surface area contributed by atoms with Gasteiger partial charge in [0.1, 0.15) is 0 Å². The van der Waals surface area contributed by atoms with Crippen LogP contribution in [0.15, 0.2) is 47.2 Å². The van der Waals surface area contributed by atoms with E-state index in [1.54, 1.807) is 11.3 Å². The van der Waals surface area contributed by atoms with Crippen molar-refractivity contribution in [2.24, 2.45) is 0 Å². The molecule has 0 aliphatic heterocycles. The van der Waals surface area contributed by atoms with Gasteiger partial charge in [-0.05, 0) is 23.7 Å². The second kappa shape index (κ2) is 4.27. The number of nitrogens with zero attached hydrogens (tertiary/aromatic N) is 2. The molecule has 0 fully saturated rings. The van der Waals surface area contributed by atoms with Crippen molar-refractivity contribution in [2.75, 3.05) is 0 Å². The Labute approximate surface area is 107 Å². The zero-order valence-corrected chi connectivity index (χ0v) is 10.5. The molecule has 0 saturated carbocycles. The number of aromatic nitrogens is 3.